The first kappa shape index (κ1) is 33.3. The molecule has 0 saturated heterocycles. The molecule has 0 saturated carbocycles. The highest BCUT2D eigenvalue weighted by atomic mass is 28.3. The zero-order chi connectivity index (χ0) is 34.2. The van der Waals surface area contributed by atoms with Gasteiger partial charge in [0.1, 0.15) is 32.7 Å². The van der Waals surface area contributed by atoms with Crippen molar-refractivity contribution in [2.24, 2.45) is 0 Å². The number of allylic oxidation sites excluding steroid dienone is 5. The van der Waals surface area contributed by atoms with Crippen molar-refractivity contribution in [3.8, 4) is 11.5 Å². The van der Waals surface area contributed by atoms with E-state index in [-0.39, 0.29) is 5.78 Å². The second-order valence-electron chi connectivity index (χ2n) is 12.5. The van der Waals surface area contributed by atoms with E-state index >= 15 is 0 Å². The van der Waals surface area contributed by atoms with Crippen molar-refractivity contribution in [1.29, 1.82) is 0 Å². The van der Waals surface area contributed by atoms with Crippen LogP contribution in [0.15, 0.2) is 77.5 Å². The summed E-state index contributed by atoms with van der Waals surface area (Å²) in [6, 6.07) is 15.6. The van der Waals surface area contributed by atoms with Crippen LogP contribution in [0.25, 0.3) is 5.57 Å². The Labute approximate surface area is 276 Å². The van der Waals surface area contributed by atoms with Crippen molar-refractivity contribution < 1.29 is 33.4 Å². The van der Waals surface area contributed by atoms with E-state index in [0.29, 0.717) is 5.56 Å². The number of carbonyl (C=O) groups is 4. The third kappa shape index (κ3) is 6.48. The number of benzene rings is 3. The van der Waals surface area contributed by atoms with Gasteiger partial charge in [-0.3, -0.25) is 19.2 Å². The molecule has 3 aromatic rings. The summed E-state index contributed by atoms with van der Waals surface area (Å²) in [5.41, 5.74) is 8.61. The van der Waals surface area contributed by atoms with E-state index in [0.717, 1.165) is 65.7 Å². The van der Waals surface area contributed by atoms with Gasteiger partial charge in [0.25, 0.3) is 5.91 Å². The molecule has 1 amide bonds. The standard InChI is InChI=1S/C38H39NO7Si/c1-22-16-29(17-23(2)25(22)4)46-28-11-14-32-34(19-28)47(7,8)33-18-27(40)10-13-31(33)37(32)30-12-9-26(15-24(30)3)38(43)39(20-35(41)44-5)21-36(42)45-6/h9-19H,20-21H2,1-8H3. The second-order valence-corrected chi connectivity index (χ2v) is 16.9. The summed E-state index contributed by atoms with van der Waals surface area (Å²) >= 11 is 0. The summed E-state index contributed by atoms with van der Waals surface area (Å²) in [5, 5.41) is 2.18. The molecule has 0 N–H and O–H groups in total. The molecule has 242 valence electrons. The maximum atomic E-state index is 13.5. The average Bonchev–Trinajstić information content (AvgIpc) is 3.04. The number of amides is 1. The van der Waals surface area contributed by atoms with Gasteiger partial charge in [-0.15, -0.1) is 0 Å². The SMILES string of the molecule is COC(=O)CN(CC(=O)OC)C(=O)c1ccc(C2=C3C=CC(=O)C=C3[Si](C)(C)c3cc(Oc4cc(C)c(C)c(C)c4)ccc32)c(C)c1. The monoisotopic (exact) mass is 649 g/mol. The quantitative estimate of drug-likeness (QED) is 0.224. The smallest absolute Gasteiger partial charge is 0.325 e. The Bertz CT molecular complexity index is 1890. The lowest BCUT2D eigenvalue weighted by Crippen LogP contribution is -2.49. The number of fused-ring (bicyclic) bond motifs is 2. The number of rotatable bonds is 8. The van der Waals surface area contributed by atoms with Crippen LogP contribution in [0.2, 0.25) is 13.1 Å². The highest BCUT2D eigenvalue weighted by Gasteiger charge is 2.40. The van der Waals surface area contributed by atoms with Gasteiger partial charge in [0.2, 0.25) is 0 Å². The minimum Gasteiger partial charge on any atom is -0.468 e. The molecule has 0 aromatic heterocycles. The molecule has 5 rings (SSSR count). The molecule has 0 bridgehead atoms. The summed E-state index contributed by atoms with van der Waals surface area (Å²) in [4.78, 5) is 51.4. The topological polar surface area (TPSA) is 99.2 Å². The Morgan fingerprint density at radius 3 is 1.96 bits per heavy atom. The van der Waals surface area contributed by atoms with Crippen molar-refractivity contribution in [1.82, 2.24) is 4.90 Å². The van der Waals surface area contributed by atoms with Gasteiger partial charge in [-0.1, -0.05) is 31.3 Å². The van der Waals surface area contributed by atoms with Gasteiger partial charge in [-0.05, 0) is 131 Å². The van der Waals surface area contributed by atoms with Crippen molar-refractivity contribution in [2.75, 3.05) is 27.3 Å². The van der Waals surface area contributed by atoms with E-state index in [4.69, 9.17) is 14.2 Å². The predicted molar refractivity (Wildman–Crippen MR) is 184 cm³/mol. The van der Waals surface area contributed by atoms with E-state index < -0.39 is 39.0 Å². The van der Waals surface area contributed by atoms with Crippen LogP contribution in [0.1, 0.15) is 43.7 Å². The molecule has 0 unspecified atom stereocenters. The first-order valence-corrected chi connectivity index (χ1v) is 18.4. The normalized spacial score (nSPS) is 14.6. The third-order valence-electron chi connectivity index (χ3n) is 9.13. The summed E-state index contributed by atoms with van der Waals surface area (Å²) in [5.74, 6) is -0.347. The average molecular weight is 650 g/mol. The Morgan fingerprint density at radius 2 is 1.36 bits per heavy atom. The number of ether oxygens (including phenoxy) is 3. The van der Waals surface area contributed by atoms with Gasteiger partial charge in [0.05, 0.1) is 14.2 Å². The van der Waals surface area contributed by atoms with Crippen LogP contribution in [0, 0.1) is 27.7 Å². The van der Waals surface area contributed by atoms with E-state index in [2.05, 4.69) is 46.0 Å². The fourth-order valence-corrected chi connectivity index (χ4v) is 9.31. The second kappa shape index (κ2) is 13.0. The molecule has 0 spiro atoms. The van der Waals surface area contributed by atoms with E-state index in [1.165, 1.54) is 19.8 Å². The number of nitrogens with zero attached hydrogens (tertiary/aromatic N) is 1. The van der Waals surface area contributed by atoms with Gasteiger partial charge in [0.15, 0.2) is 5.78 Å². The molecule has 47 heavy (non-hydrogen) atoms. The van der Waals surface area contributed by atoms with Crippen LogP contribution < -0.4 is 9.92 Å². The predicted octanol–water partition coefficient (Wildman–Crippen LogP) is 5.84. The van der Waals surface area contributed by atoms with Gasteiger partial charge < -0.3 is 19.1 Å². The lowest BCUT2D eigenvalue weighted by Gasteiger charge is -2.38. The Morgan fingerprint density at radius 1 is 0.745 bits per heavy atom. The first-order chi connectivity index (χ1) is 22.2. The van der Waals surface area contributed by atoms with E-state index in [1.807, 2.05) is 37.3 Å². The van der Waals surface area contributed by atoms with Crippen LogP contribution in [0.4, 0.5) is 0 Å². The largest absolute Gasteiger partial charge is 0.468 e. The van der Waals surface area contributed by atoms with Crippen LogP contribution in [0.5, 0.6) is 11.5 Å². The molecule has 0 radical (unpaired) electrons. The molecule has 1 aliphatic carbocycles. The number of esters is 2. The minimum atomic E-state index is -2.37. The Kier molecular flexibility index (Phi) is 9.22. The molecule has 2 aliphatic rings. The molecule has 8 nitrogen and oxygen atoms in total. The molecule has 1 heterocycles. The van der Waals surface area contributed by atoms with Gasteiger partial charge in [-0.2, -0.15) is 0 Å². The Hall–Kier alpha value is -5.02. The molecular weight excluding hydrogens is 611 g/mol. The summed E-state index contributed by atoms with van der Waals surface area (Å²) < 4.78 is 15.9. The van der Waals surface area contributed by atoms with Crippen LogP contribution >= 0.6 is 0 Å². The summed E-state index contributed by atoms with van der Waals surface area (Å²) in [7, 11) is 0.0752. The lowest BCUT2D eigenvalue weighted by atomic mass is 9.87. The molecule has 0 atom stereocenters. The molecule has 0 fully saturated rings. The maximum absolute atomic E-state index is 13.5. The van der Waals surface area contributed by atoms with Crippen LogP contribution in [-0.4, -0.2) is 63.9 Å². The molecule has 9 heteroatoms. The lowest BCUT2D eigenvalue weighted by molar-refractivity contribution is -0.144. The highest BCUT2D eigenvalue weighted by molar-refractivity contribution is 6.98. The fraction of sp³-hybridized carbons (Fsp3) is 0.263. The zero-order valence-electron chi connectivity index (χ0n) is 28.1. The molecule has 1 aliphatic heterocycles. The van der Waals surface area contributed by atoms with Crippen LogP contribution in [0.3, 0.4) is 0 Å². The zero-order valence-corrected chi connectivity index (χ0v) is 29.1. The number of ketones is 1. The highest BCUT2D eigenvalue weighted by Crippen LogP contribution is 2.43. The number of carbonyl (C=O) groups excluding carboxylic acids is 4. The number of hydrogen-bond donors (Lipinski definition) is 0. The Balaban J connectivity index is 1.60. The number of hydrogen-bond acceptors (Lipinski definition) is 7. The number of methoxy groups -OCH3 is 2. The summed E-state index contributed by atoms with van der Waals surface area (Å²) in [6.45, 7) is 11.9. The fourth-order valence-electron chi connectivity index (χ4n) is 6.25. The third-order valence-corrected chi connectivity index (χ3v) is 12.6. The first-order valence-electron chi connectivity index (χ1n) is 15.4. The summed E-state index contributed by atoms with van der Waals surface area (Å²) in [6.07, 6.45) is 5.26. The van der Waals surface area contributed by atoms with Crippen molar-refractivity contribution in [3.63, 3.8) is 0 Å². The number of aryl methyl sites for hydroxylation is 3. The molecule has 3 aromatic carbocycles. The minimum absolute atomic E-state index is 0.0425. The van der Waals surface area contributed by atoms with E-state index in [1.54, 1.807) is 24.3 Å². The van der Waals surface area contributed by atoms with Crippen molar-refractivity contribution in [2.45, 2.75) is 40.8 Å². The van der Waals surface area contributed by atoms with Crippen molar-refractivity contribution in [3.05, 3.63) is 116 Å². The van der Waals surface area contributed by atoms with Crippen LogP contribution in [-0.2, 0) is 23.9 Å². The maximum Gasteiger partial charge on any atom is 0.325 e. The van der Waals surface area contributed by atoms with E-state index in [9.17, 15) is 19.2 Å². The van der Waals surface area contributed by atoms with Crippen molar-refractivity contribution >= 4 is 42.5 Å². The molecular formula is C38H39NO7Si. The van der Waals surface area contributed by atoms with Gasteiger partial charge >= 0.3 is 11.9 Å². The van der Waals surface area contributed by atoms with Gasteiger partial charge in [-0.25, -0.2) is 0 Å². The van der Waals surface area contributed by atoms with Gasteiger partial charge in [0, 0.05) is 5.56 Å².